The molecule has 3 N–H and O–H groups in total. The molecule has 1 aromatic heterocycles. The number of H-pyrrole nitrogens is 1. The molecule has 96 valence electrons. The molecule has 0 aliphatic carbocycles. The van der Waals surface area contributed by atoms with Gasteiger partial charge in [-0.05, 0) is 6.07 Å². The monoisotopic (exact) mass is 259 g/mol. The minimum atomic E-state index is -0.0902. The van der Waals surface area contributed by atoms with Crippen LogP contribution in [0.15, 0.2) is 12.3 Å². The van der Waals surface area contributed by atoms with Gasteiger partial charge in [0, 0.05) is 45.5 Å². The zero-order valence-electron chi connectivity index (χ0n) is 9.61. The highest BCUT2D eigenvalue weighted by atomic mass is 35.5. The summed E-state index contributed by atoms with van der Waals surface area (Å²) in [5.74, 6) is -0.0902. The van der Waals surface area contributed by atoms with E-state index in [1.165, 1.54) is 0 Å². The highest BCUT2D eigenvalue weighted by molar-refractivity contribution is 5.92. The largest absolute Gasteiger partial charge is 0.349 e. The zero-order chi connectivity index (χ0) is 11.2. The van der Waals surface area contributed by atoms with Crippen LogP contribution in [0.3, 0.4) is 0 Å². The molecule has 1 aliphatic heterocycles. The average Bonchev–Trinajstić information content (AvgIpc) is 2.84. The lowest BCUT2D eigenvalue weighted by Gasteiger charge is -2.26. The van der Waals surface area contributed by atoms with Gasteiger partial charge < -0.3 is 10.6 Å². The maximum atomic E-state index is 11.5. The third kappa shape index (κ3) is 4.33. The van der Waals surface area contributed by atoms with Gasteiger partial charge in [0.05, 0.1) is 0 Å². The van der Waals surface area contributed by atoms with Gasteiger partial charge in [-0.2, -0.15) is 5.10 Å². The summed E-state index contributed by atoms with van der Waals surface area (Å²) in [5, 5.41) is 12.5. The van der Waals surface area contributed by atoms with Crippen molar-refractivity contribution in [3.8, 4) is 0 Å². The molecule has 0 saturated carbocycles. The van der Waals surface area contributed by atoms with E-state index in [2.05, 4.69) is 25.7 Å². The predicted octanol–water partition coefficient (Wildman–Crippen LogP) is -0.533. The van der Waals surface area contributed by atoms with Crippen LogP contribution in [0.4, 0.5) is 0 Å². The maximum absolute atomic E-state index is 11.5. The second-order valence-corrected chi connectivity index (χ2v) is 3.82. The number of carbonyl (C=O) groups excluding carboxylic acids is 1. The first-order valence-electron chi connectivity index (χ1n) is 5.57. The topological polar surface area (TPSA) is 73.1 Å². The van der Waals surface area contributed by atoms with Crippen molar-refractivity contribution in [2.45, 2.75) is 0 Å². The van der Waals surface area contributed by atoms with Gasteiger partial charge in [-0.15, -0.1) is 12.4 Å². The fourth-order valence-corrected chi connectivity index (χ4v) is 1.74. The molecule has 0 bridgehead atoms. The summed E-state index contributed by atoms with van der Waals surface area (Å²) in [5.41, 5.74) is 0.514. The molecule has 2 rings (SSSR count). The smallest absolute Gasteiger partial charge is 0.269 e. The SMILES string of the molecule is Cl.O=C(NCCN1CCNCC1)c1ccn[nH]1. The molecular weight excluding hydrogens is 242 g/mol. The fourth-order valence-electron chi connectivity index (χ4n) is 1.74. The van der Waals surface area contributed by atoms with Gasteiger partial charge in [-0.1, -0.05) is 0 Å². The van der Waals surface area contributed by atoms with Crippen molar-refractivity contribution in [1.82, 2.24) is 25.7 Å². The van der Waals surface area contributed by atoms with Crippen molar-refractivity contribution in [3.05, 3.63) is 18.0 Å². The van der Waals surface area contributed by atoms with Gasteiger partial charge in [0.1, 0.15) is 5.69 Å². The van der Waals surface area contributed by atoms with Crippen LogP contribution in [-0.2, 0) is 0 Å². The molecule has 6 nitrogen and oxygen atoms in total. The lowest BCUT2D eigenvalue weighted by Crippen LogP contribution is -2.46. The fraction of sp³-hybridized carbons (Fsp3) is 0.600. The Morgan fingerprint density at radius 2 is 2.24 bits per heavy atom. The molecule has 1 aliphatic rings. The molecule has 1 amide bonds. The lowest BCUT2D eigenvalue weighted by atomic mass is 10.3. The summed E-state index contributed by atoms with van der Waals surface area (Å²) in [4.78, 5) is 13.9. The molecule has 1 aromatic rings. The van der Waals surface area contributed by atoms with E-state index in [9.17, 15) is 4.79 Å². The number of hydrogen-bond donors (Lipinski definition) is 3. The minimum absolute atomic E-state index is 0. The molecule has 1 fully saturated rings. The van der Waals surface area contributed by atoms with Crippen LogP contribution >= 0.6 is 12.4 Å². The van der Waals surface area contributed by atoms with Crippen molar-refractivity contribution in [2.75, 3.05) is 39.3 Å². The molecule has 17 heavy (non-hydrogen) atoms. The standard InChI is InChI=1S/C10H17N5O.ClH/c16-10(9-1-2-13-14-9)12-5-8-15-6-3-11-4-7-15;/h1-2,11H,3-8H2,(H,12,16)(H,13,14);1H. The molecule has 0 spiro atoms. The molecule has 1 saturated heterocycles. The summed E-state index contributed by atoms with van der Waals surface area (Å²) < 4.78 is 0. The number of piperazine rings is 1. The van der Waals surface area contributed by atoms with Gasteiger partial charge in [0.25, 0.3) is 5.91 Å². The number of hydrogen-bond acceptors (Lipinski definition) is 4. The number of halogens is 1. The minimum Gasteiger partial charge on any atom is -0.349 e. The van der Waals surface area contributed by atoms with Gasteiger partial charge in [-0.3, -0.25) is 14.8 Å². The van der Waals surface area contributed by atoms with Gasteiger partial charge in [-0.25, -0.2) is 0 Å². The van der Waals surface area contributed by atoms with E-state index < -0.39 is 0 Å². The summed E-state index contributed by atoms with van der Waals surface area (Å²) in [6.07, 6.45) is 1.57. The van der Waals surface area contributed by atoms with E-state index >= 15 is 0 Å². The number of amides is 1. The number of rotatable bonds is 4. The van der Waals surface area contributed by atoms with E-state index in [-0.39, 0.29) is 18.3 Å². The van der Waals surface area contributed by atoms with E-state index in [1.54, 1.807) is 12.3 Å². The Hall–Kier alpha value is -1.11. The molecule has 0 aromatic carbocycles. The second-order valence-electron chi connectivity index (χ2n) is 3.82. The summed E-state index contributed by atoms with van der Waals surface area (Å²) in [7, 11) is 0. The van der Waals surface area contributed by atoms with Crippen molar-refractivity contribution in [3.63, 3.8) is 0 Å². The van der Waals surface area contributed by atoms with Gasteiger partial charge in [0.15, 0.2) is 0 Å². The number of aromatic nitrogens is 2. The Morgan fingerprint density at radius 3 is 2.88 bits per heavy atom. The highest BCUT2D eigenvalue weighted by Crippen LogP contribution is 1.92. The highest BCUT2D eigenvalue weighted by Gasteiger charge is 2.10. The number of nitrogens with zero attached hydrogens (tertiary/aromatic N) is 2. The molecule has 0 unspecified atom stereocenters. The first-order valence-corrected chi connectivity index (χ1v) is 5.57. The summed E-state index contributed by atoms with van der Waals surface area (Å²) in [6, 6.07) is 1.67. The van der Waals surface area contributed by atoms with Crippen molar-refractivity contribution in [1.29, 1.82) is 0 Å². The first-order chi connectivity index (χ1) is 7.86. The van der Waals surface area contributed by atoms with Crippen LogP contribution in [0.5, 0.6) is 0 Å². The predicted molar refractivity (Wildman–Crippen MR) is 67.5 cm³/mol. The van der Waals surface area contributed by atoms with Crippen molar-refractivity contribution < 1.29 is 4.79 Å². The van der Waals surface area contributed by atoms with E-state index in [4.69, 9.17) is 0 Å². The van der Waals surface area contributed by atoms with Crippen LogP contribution in [-0.4, -0.2) is 60.3 Å². The van der Waals surface area contributed by atoms with Gasteiger partial charge in [0.2, 0.25) is 0 Å². The normalized spacial score (nSPS) is 16.2. The van der Waals surface area contributed by atoms with Gasteiger partial charge >= 0.3 is 0 Å². The maximum Gasteiger partial charge on any atom is 0.269 e. The molecule has 7 heteroatoms. The molecule has 0 radical (unpaired) electrons. The Morgan fingerprint density at radius 1 is 1.47 bits per heavy atom. The Bertz CT molecular complexity index is 323. The van der Waals surface area contributed by atoms with E-state index in [1.807, 2.05) is 0 Å². The van der Waals surface area contributed by atoms with Crippen LogP contribution in [0.25, 0.3) is 0 Å². The first kappa shape index (κ1) is 14.0. The third-order valence-electron chi connectivity index (χ3n) is 2.67. The average molecular weight is 260 g/mol. The second kappa shape index (κ2) is 7.26. The summed E-state index contributed by atoms with van der Waals surface area (Å²) in [6.45, 7) is 5.77. The lowest BCUT2D eigenvalue weighted by molar-refractivity contribution is 0.0942. The van der Waals surface area contributed by atoms with Crippen molar-refractivity contribution in [2.24, 2.45) is 0 Å². The number of carbonyl (C=O) groups is 1. The Labute approximate surface area is 107 Å². The quantitative estimate of drug-likeness (QED) is 0.680. The zero-order valence-corrected chi connectivity index (χ0v) is 10.4. The summed E-state index contributed by atoms with van der Waals surface area (Å²) >= 11 is 0. The molecular formula is C10H18ClN5O. The van der Waals surface area contributed by atoms with Crippen LogP contribution in [0, 0.1) is 0 Å². The van der Waals surface area contributed by atoms with Crippen LogP contribution in [0.2, 0.25) is 0 Å². The number of aromatic amines is 1. The third-order valence-corrected chi connectivity index (χ3v) is 2.67. The Kier molecular flexibility index (Phi) is 5.96. The van der Waals surface area contributed by atoms with Crippen LogP contribution < -0.4 is 10.6 Å². The number of nitrogens with one attached hydrogen (secondary N) is 3. The van der Waals surface area contributed by atoms with E-state index in [0.717, 1.165) is 32.7 Å². The van der Waals surface area contributed by atoms with Crippen LogP contribution in [0.1, 0.15) is 10.5 Å². The van der Waals surface area contributed by atoms with Crippen molar-refractivity contribution >= 4 is 18.3 Å². The molecule has 0 atom stereocenters. The molecule has 2 heterocycles. The Balaban J connectivity index is 0.00000144. The van der Waals surface area contributed by atoms with E-state index in [0.29, 0.717) is 12.2 Å².